The van der Waals surface area contributed by atoms with E-state index in [-0.39, 0.29) is 23.9 Å². The van der Waals surface area contributed by atoms with Gasteiger partial charge in [0.25, 0.3) is 0 Å². The third-order valence-electron chi connectivity index (χ3n) is 7.32. The third kappa shape index (κ3) is 3.73. The first-order valence-electron chi connectivity index (χ1n) is 11.9. The minimum absolute atomic E-state index is 0.0601. The summed E-state index contributed by atoms with van der Waals surface area (Å²) >= 11 is 1.63. The molecule has 2 aliphatic carbocycles. The van der Waals surface area contributed by atoms with E-state index in [1.165, 1.54) is 19.3 Å². The molecule has 1 aromatic carbocycles. The van der Waals surface area contributed by atoms with Crippen LogP contribution in [0.4, 0.5) is 0 Å². The summed E-state index contributed by atoms with van der Waals surface area (Å²) < 4.78 is 2.96. The van der Waals surface area contributed by atoms with Crippen LogP contribution < -0.4 is 0 Å². The van der Waals surface area contributed by atoms with Crippen LogP contribution in [0.1, 0.15) is 80.1 Å². The second kappa shape index (κ2) is 8.23. The van der Waals surface area contributed by atoms with Crippen molar-refractivity contribution in [3.8, 4) is 0 Å². The van der Waals surface area contributed by atoms with Crippen molar-refractivity contribution >= 4 is 27.5 Å². The monoisotopic (exact) mass is 451 g/mol. The van der Waals surface area contributed by atoms with E-state index in [0.717, 1.165) is 46.6 Å². The van der Waals surface area contributed by atoms with E-state index in [0.29, 0.717) is 18.9 Å². The van der Waals surface area contributed by atoms with Gasteiger partial charge in [0.2, 0.25) is 5.91 Å². The number of likely N-dealkylation sites (tertiary alicyclic amines) is 1. The Balaban J connectivity index is 1.34. The molecule has 2 saturated carbocycles. The zero-order chi connectivity index (χ0) is 21.7. The van der Waals surface area contributed by atoms with Gasteiger partial charge in [0.05, 0.1) is 28.1 Å². The van der Waals surface area contributed by atoms with Crippen molar-refractivity contribution in [2.24, 2.45) is 5.92 Å². The number of fused-ring (bicyclic) bond motifs is 1. The van der Waals surface area contributed by atoms with E-state index in [1.807, 2.05) is 34.0 Å². The quantitative estimate of drug-likeness (QED) is 0.628. The van der Waals surface area contributed by atoms with E-state index in [2.05, 4.69) is 16.4 Å². The largest absolute Gasteiger partial charge is 0.391 e. The SMILES string of the molecule is O=C([C@H](C1CCCCC1)n1cc(C2CC2)nn1)N1C[C@H](O)C[C@H]1c1nc2ccccc2s1. The van der Waals surface area contributed by atoms with Gasteiger partial charge in [-0.1, -0.05) is 36.6 Å². The third-order valence-corrected chi connectivity index (χ3v) is 8.45. The minimum atomic E-state index is -0.527. The molecule has 0 spiro atoms. The van der Waals surface area contributed by atoms with Crippen molar-refractivity contribution in [3.63, 3.8) is 0 Å². The minimum Gasteiger partial charge on any atom is -0.391 e. The van der Waals surface area contributed by atoms with Crippen molar-refractivity contribution < 1.29 is 9.90 Å². The van der Waals surface area contributed by atoms with Gasteiger partial charge >= 0.3 is 0 Å². The maximum absolute atomic E-state index is 14.1. The molecule has 0 radical (unpaired) electrons. The maximum atomic E-state index is 14.1. The lowest BCUT2D eigenvalue weighted by atomic mass is 9.83. The number of para-hydroxylation sites is 1. The first-order chi connectivity index (χ1) is 15.7. The topological polar surface area (TPSA) is 84.1 Å². The molecule has 3 heterocycles. The summed E-state index contributed by atoms with van der Waals surface area (Å²) in [5.74, 6) is 0.832. The lowest BCUT2D eigenvalue weighted by Crippen LogP contribution is -2.41. The molecule has 3 fully saturated rings. The molecule has 1 aliphatic heterocycles. The van der Waals surface area contributed by atoms with Gasteiger partial charge in [0, 0.05) is 25.1 Å². The fraction of sp³-hybridized carbons (Fsp3) is 0.583. The van der Waals surface area contributed by atoms with Gasteiger partial charge in [-0.05, 0) is 43.7 Å². The van der Waals surface area contributed by atoms with Crippen LogP contribution in [0.15, 0.2) is 30.5 Å². The standard InChI is InChI=1S/C24H29N5O2S/c30-17-12-20(23-25-18-8-4-5-9-21(18)32-23)28(13-17)24(31)22(16-6-2-1-3-7-16)29-14-19(26-27-29)15-10-11-15/h4-5,8-9,14-17,20,22,30H,1-3,6-7,10-13H2/t17-,20+,22+/m1/s1. The van der Waals surface area contributed by atoms with Crippen LogP contribution in [0.2, 0.25) is 0 Å². The van der Waals surface area contributed by atoms with Crippen molar-refractivity contribution in [1.29, 1.82) is 0 Å². The molecule has 1 amide bonds. The summed E-state index contributed by atoms with van der Waals surface area (Å²) in [6, 6.07) is 7.53. The molecular weight excluding hydrogens is 422 g/mol. The number of aliphatic hydroxyl groups is 1. The Morgan fingerprint density at radius 3 is 2.72 bits per heavy atom. The predicted molar refractivity (Wildman–Crippen MR) is 122 cm³/mol. The molecule has 32 heavy (non-hydrogen) atoms. The highest BCUT2D eigenvalue weighted by atomic mass is 32.1. The summed E-state index contributed by atoms with van der Waals surface area (Å²) in [4.78, 5) is 20.8. The molecule has 3 aromatic rings. The van der Waals surface area contributed by atoms with E-state index in [1.54, 1.807) is 11.3 Å². The number of rotatable bonds is 5. The Kier molecular flexibility index (Phi) is 5.22. The molecule has 3 atom stereocenters. The van der Waals surface area contributed by atoms with Crippen LogP contribution in [0.25, 0.3) is 10.2 Å². The van der Waals surface area contributed by atoms with Crippen molar-refractivity contribution in [2.75, 3.05) is 6.54 Å². The van der Waals surface area contributed by atoms with Gasteiger partial charge in [-0.3, -0.25) is 4.79 Å². The molecule has 1 saturated heterocycles. The predicted octanol–water partition coefficient (Wildman–Crippen LogP) is 4.22. The number of β-amino-alcohol motifs (C(OH)–C–C–N with tert-alkyl or cyclic N) is 1. The first-order valence-corrected chi connectivity index (χ1v) is 12.7. The molecule has 7 nitrogen and oxygen atoms in total. The highest BCUT2D eigenvalue weighted by molar-refractivity contribution is 7.18. The van der Waals surface area contributed by atoms with Crippen LogP contribution in [0.3, 0.4) is 0 Å². The second-order valence-corrected chi connectivity index (χ2v) is 10.7. The van der Waals surface area contributed by atoms with Gasteiger partial charge in [-0.15, -0.1) is 16.4 Å². The Hall–Kier alpha value is -2.32. The highest BCUT2D eigenvalue weighted by Gasteiger charge is 2.43. The van der Waals surface area contributed by atoms with Gasteiger partial charge < -0.3 is 10.0 Å². The number of hydrogen-bond donors (Lipinski definition) is 1. The van der Waals surface area contributed by atoms with Gasteiger partial charge in [-0.25, -0.2) is 9.67 Å². The summed E-state index contributed by atoms with van der Waals surface area (Å²) in [6.07, 6.45) is 9.97. The molecule has 0 unspecified atom stereocenters. The molecule has 2 aromatic heterocycles. The van der Waals surface area contributed by atoms with E-state index in [9.17, 15) is 9.90 Å². The van der Waals surface area contributed by atoms with Crippen LogP contribution in [-0.4, -0.2) is 48.5 Å². The fourth-order valence-electron chi connectivity index (χ4n) is 5.47. The summed E-state index contributed by atoms with van der Waals surface area (Å²) in [5.41, 5.74) is 1.97. The van der Waals surface area contributed by atoms with Crippen LogP contribution in [0, 0.1) is 5.92 Å². The summed E-state index contributed by atoms with van der Waals surface area (Å²) in [7, 11) is 0. The van der Waals surface area contributed by atoms with Crippen LogP contribution >= 0.6 is 11.3 Å². The molecule has 1 N–H and O–H groups in total. The zero-order valence-electron chi connectivity index (χ0n) is 18.1. The van der Waals surface area contributed by atoms with Crippen LogP contribution in [-0.2, 0) is 4.79 Å². The van der Waals surface area contributed by atoms with Crippen molar-refractivity contribution in [3.05, 3.63) is 41.2 Å². The Morgan fingerprint density at radius 1 is 1.12 bits per heavy atom. The number of aromatic nitrogens is 4. The Morgan fingerprint density at radius 2 is 1.94 bits per heavy atom. The average Bonchev–Trinajstić information content (AvgIpc) is 3.21. The molecule has 6 rings (SSSR count). The Labute approximate surface area is 191 Å². The van der Waals surface area contributed by atoms with E-state index >= 15 is 0 Å². The molecule has 168 valence electrons. The fourth-order valence-corrected chi connectivity index (χ4v) is 6.56. The average molecular weight is 452 g/mol. The molecule has 8 heteroatoms. The number of aliphatic hydroxyl groups excluding tert-OH is 1. The first kappa shape index (κ1) is 20.3. The zero-order valence-corrected chi connectivity index (χ0v) is 19.0. The number of benzene rings is 1. The summed E-state index contributed by atoms with van der Waals surface area (Å²) in [6.45, 7) is 0.354. The van der Waals surface area contributed by atoms with Crippen molar-refractivity contribution in [1.82, 2.24) is 24.9 Å². The van der Waals surface area contributed by atoms with Crippen molar-refractivity contribution in [2.45, 2.75) is 75.5 Å². The number of amides is 1. The Bertz CT molecular complexity index is 1080. The highest BCUT2D eigenvalue weighted by Crippen LogP contribution is 2.42. The number of carbonyl (C=O) groups is 1. The summed E-state index contributed by atoms with van der Waals surface area (Å²) in [5, 5.41) is 20.3. The van der Waals surface area contributed by atoms with Gasteiger partial charge in [-0.2, -0.15) is 0 Å². The van der Waals surface area contributed by atoms with Gasteiger partial charge in [0.1, 0.15) is 11.0 Å². The number of thiazole rings is 1. The van der Waals surface area contributed by atoms with E-state index < -0.39 is 6.10 Å². The molecule has 0 bridgehead atoms. The number of nitrogens with zero attached hydrogens (tertiary/aromatic N) is 5. The van der Waals surface area contributed by atoms with Gasteiger partial charge in [0.15, 0.2) is 0 Å². The normalized spacial score (nSPS) is 25.5. The maximum Gasteiger partial charge on any atom is 0.248 e. The number of carbonyl (C=O) groups excluding carboxylic acids is 1. The second-order valence-electron chi connectivity index (χ2n) is 9.66. The lowest BCUT2D eigenvalue weighted by molar-refractivity contribution is -0.138. The number of hydrogen-bond acceptors (Lipinski definition) is 6. The van der Waals surface area contributed by atoms with Crippen LogP contribution in [0.5, 0.6) is 0 Å². The molecule has 3 aliphatic rings. The lowest BCUT2D eigenvalue weighted by Gasteiger charge is -2.33. The van der Waals surface area contributed by atoms with E-state index in [4.69, 9.17) is 4.98 Å². The smallest absolute Gasteiger partial charge is 0.248 e. The molecular formula is C24H29N5O2S.